The van der Waals surface area contributed by atoms with Crippen LogP contribution in [0.25, 0.3) is 0 Å². The zero-order chi connectivity index (χ0) is 26.1. The van der Waals surface area contributed by atoms with Crippen LogP contribution < -0.4 is 10.6 Å². The van der Waals surface area contributed by atoms with Gasteiger partial charge in [-0.3, -0.25) is 24.1 Å². The number of carbonyl (C=O) groups excluding carboxylic acids is 4. The second-order valence-electron chi connectivity index (χ2n) is 9.15. The Morgan fingerprint density at radius 2 is 1.65 bits per heavy atom. The molecule has 0 aliphatic rings. The summed E-state index contributed by atoms with van der Waals surface area (Å²) < 4.78 is 5.59. The van der Waals surface area contributed by atoms with E-state index in [1.807, 2.05) is 51.9 Å². The monoisotopic (exact) mass is 481 g/mol. The molecule has 0 rings (SSSR count). The molecule has 2 N–H and O–H groups in total. The van der Waals surface area contributed by atoms with E-state index in [4.69, 9.17) is 4.74 Å². The average molecular weight is 482 g/mol. The molecular formula is C26H47N3O5. The standard InChI is InChI=1S/C26H47N3O5/c1-8-10-15-19(3)25(34-20(4)30)24(29(6)7)23(32)17-14-12-11-13-16-21(31)18-28-26(33)22(9-2)27-5/h8,10,19,22,24-25,27H,9,11-18H2,1-7H3,(H,28,33)/b10-8+/t19-,22+,24?,25?/m1/s1. The highest BCUT2D eigenvalue weighted by Crippen LogP contribution is 2.22. The number of carbonyl (C=O) groups is 4. The minimum absolute atomic E-state index is 0.0161. The topological polar surface area (TPSA) is 105 Å². The minimum atomic E-state index is -0.501. The van der Waals surface area contributed by atoms with Crippen molar-refractivity contribution >= 4 is 23.4 Å². The van der Waals surface area contributed by atoms with Crippen LogP contribution in [0.1, 0.15) is 79.1 Å². The smallest absolute Gasteiger partial charge is 0.302 e. The molecule has 4 atom stereocenters. The Balaban J connectivity index is 4.51. The predicted octanol–water partition coefficient (Wildman–Crippen LogP) is 3.04. The number of nitrogens with one attached hydrogen (secondary N) is 2. The van der Waals surface area contributed by atoms with Crippen molar-refractivity contribution in [3.63, 3.8) is 0 Å². The highest BCUT2D eigenvalue weighted by Gasteiger charge is 2.35. The van der Waals surface area contributed by atoms with E-state index in [-0.39, 0.29) is 41.9 Å². The van der Waals surface area contributed by atoms with Crippen molar-refractivity contribution in [1.29, 1.82) is 0 Å². The second kappa shape index (κ2) is 18.3. The fourth-order valence-electron chi connectivity index (χ4n) is 3.97. The van der Waals surface area contributed by atoms with Crippen LogP contribution in [-0.4, -0.2) is 74.2 Å². The quantitative estimate of drug-likeness (QED) is 0.166. The summed E-state index contributed by atoms with van der Waals surface area (Å²) in [6.45, 7) is 7.29. The summed E-state index contributed by atoms with van der Waals surface area (Å²) in [5.41, 5.74) is 0. The zero-order valence-corrected chi connectivity index (χ0v) is 22.3. The van der Waals surface area contributed by atoms with Crippen LogP contribution in [0.2, 0.25) is 0 Å². The number of rotatable bonds is 19. The van der Waals surface area contributed by atoms with Crippen LogP contribution in [0.15, 0.2) is 12.2 Å². The van der Waals surface area contributed by atoms with Crippen LogP contribution in [0.4, 0.5) is 0 Å². The average Bonchev–Trinajstić information content (AvgIpc) is 2.78. The summed E-state index contributed by atoms with van der Waals surface area (Å²) in [5, 5.41) is 5.59. The molecule has 0 aliphatic carbocycles. The van der Waals surface area contributed by atoms with Gasteiger partial charge in [-0.05, 0) is 59.7 Å². The molecule has 0 aromatic carbocycles. The highest BCUT2D eigenvalue weighted by atomic mass is 16.5. The summed E-state index contributed by atoms with van der Waals surface area (Å²) >= 11 is 0. The Morgan fingerprint density at radius 1 is 1.03 bits per heavy atom. The zero-order valence-electron chi connectivity index (χ0n) is 22.3. The number of hydrogen-bond donors (Lipinski definition) is 2. The van der Waals surface area contributed by atoms with E-state index < -0.39 is 12.1 Å². The number of unbranched alkanes of at least 4 members (excludes halogenated alkanes) is 3. The Hall–Kier alpha value is -2.06. The van der Waals surface area contributed by atoms with Gasteiger partial charge in [-0.15, -0.1) is 0 Å². The van der Waals surface area contributed by atoms with E-state index in [1.165, 1.54) is 6.92 Å². The first-order valence-electron chi connectivity index (χ1n) is 12.5. The van der Waals surface area contributed by atoms with Crippen LogP contribution in [0, 0.1) is 5.92 Å². The van der Waals surface area contributed by atoms with Gasteiger partial charge in [0.15, 0.2) is 11.6 Å². The van der Waals surface area contributed by atoms with E-state index in [1.54, 1.807) is 7.05 Å². The number of allylic oxidation sites excluding steroid dienone is 2. The predicted molar refractivity (Wildman–Crippen MR) is 135 cm³/mol. The number of likely N-dealkylation sites (N-methyl/N-ethyl adjacent to an activating group) is 2. The molecule has 0 aromatic heterocycles. The molecule has 0 spiro atoms. The van der Waals surface area contributed by atoms with E-state index in [9.17, 15) is 19.2 Å². The lowest BCUT2D eigenvalue weighted by molar-refractivity contribution is -0.155. The van der Waals surface area contributed by atoms with Crippen molar-refractivity contribution < 1.29 is 23.9 Å². The lowest BCUT2D eigenvalue weighted by Crippen LogP contribution is -2.49. The van der Waals surface area contributed by atoms with Crippen molar-refractivity contribution in [2.24, 2.45) is 5.92 Å². The molecule has 0 heterocycles. The molecule has 0 bridgehead atoms. The molecule has 2 unspecified atom stereocenters. The molecule has 1 amide bonds. The number of amides is 1. The number of hydrogen-bond acceptors (Lipinski definition) is 7. The molecule has 8 heteroatoms. The van der Waals surface area contributed by atoms with Crippen LogP contribution in [0.3, 0.4) is 0 Å². The molecule has 0 aromatic rings. The van der Waals surface area contributed by atoms with Gasteiger partial charge in [0.1, 0.15) is 12.1 Å². The fourth-order valence-corrected chi connectivity index (χ4v) is 3.97. The maximum atomic E-state index is 13.0. The van der Waals surface area contributed by atoms with Crippen LogP contribution >= 0.6 is 0 Å². The summed E-state index contributed by atoms with van der Waals surface area (Å²) in [7, 11) is 5.40. The van der Waals surface area contributed by atoms with Gasteiger partial charge in [-0.1, -0.05) is 38.8 Å². The van der Waals surface area contributed by atoms with Gasteiger partial charge in [0.2, 0.25) is 5.91 Å². The van der Waals surface area contributed by atoms with Gasteiger partial charge in [0, 0.05) is 19.8 Å². The van der Waals surface area contributed by atoms with Crippen molar-refractivity contribution in [3.05, 3.63) is 12.2 Å². The highest BCUT2D eigenvalue weighted by molar-refractivity contribution is 5.88. The first-order chi connectivity index (χ1) is 16.1. The van der Waals surface area contributed by atoms with E-state index in [0.29, 0.717) is 19.3 Å². The molecule has 34 heavy (non-hydrogen) atoms. The van der Waals surface area contributed by atoms with E-state index in [2.05, 4.69) is 10.6 Å². The van der Waals surface area contributed by atoms with Gasteiger partial charge in [0.25, 0.3) is 0 Å². The Bertz CT molecular complexity index is 659. The SMILES string of the molecule is C/C=C/C[C@@H](C)C(OC(C)=O)C(C(=O)CCCCCCC(=O)CNC(=O)[C@H](CC)NC)N(C)C. The number of ketones is 2. The third-order valence-corrected chi connectivity index (χ3v) is 5.97. The van der Waals surface area contributed by atoms with E-state index >= 15 is 0 Å². The number of ether oxygens (including phenoxy) is 1. The Labute approximate surface area is 206 Å². The summed E-state index contributed by atoms with van der Waals surface area (Å²) in [6.07, 6.45) is 8.85. The largest absolute Gasteiger partial charge is 0.460 e. The lowest BCUT2D eigenvalue weighted by atomic mass is 9.89. The first-order valence-corrected chi connectivity index (χ1v) is 12.5. The molecule has 0 saturated carbocycles. The van der Waals surface area contributed by atoms with Gasteiger partial charge in [-0.2, -0.15) is 0 Å². The maximum absolute atomic E-state index is 13.0. The van der Waals surface area contributed by atoms with Gasteiger partial charge < -0.3 is 15.4 Å². The molecule has 0 fully saturated rings. The van der Waals surface area contributed by atoms with Crippen LogP contribution in [-0.2, 0) is 23.9 Å². The molecule has 0 radical (unpaired) electrons. The molecule has 0 aliphatic heterocycles. The fraction of sp³-hybridized carbons (Fsp3) is 0.769. The molecular weight excluding hydrogens is 434 g/mol. The van der Waals surface area contributed by atoms with Gasteiger partial charge >= 0.3 is 5.97 Å². The summed E-state index contributed by atoms with van der Waals surface area (Å²) in [5.74, 6) is -0.433. The van der Waals surface area contributed by atoms with Crippen molar-refractivity contribution in [2.45, 2.75) is 97.2 Å². The van der Waals surface area contributed by atoms with E-state index in [0.717, 1.165) is 32.1 Å². The molecule has 8 nitrogen and oxygen atoms in total. The van der Waals surface area contributed by atoms with Crippen LogP contribution in [0.5, 0.6) is 0 Å². The number of nitrogens with zero attached hydrogens (tertiary/aromatic N) is 1. The van der Waals surface area contributed by atoms with Crippen molar-refractivity contribution in [3.8, 4) is 0 Å². The van der Waals surface area contributed by atoms with Crippen molar-refractivity contribution in [1.82, 2.24) is 15.5 Å². The Kier molecular flexibility index (Phi) is 17.2. The normalized spacial score (nSPS) is 15.1. The van der Waals surface area contributed by atoms with Gasteiger partial charge in [-0.25, -0.2) is 0 Å². The Morgan fingerprint density at radius 3 is 2.15 bits per heavy atom. The second-order valence-corrected chi connectivity index (χ2v) is 9.15. The maximum Gasteiger partial charge on any atom is 0.302 e. The third kappa shape index (κ3) is 13.0. The minimum Gasteiger partial charge on any atom is -0.460 e. The molecule has 196 valence electrons. The summed E-state index contributed by atoms with van der Waals surface area (Å²) in [4.78, 5) is 50.5. The number of Topliss-reactive ketones (excluding diaryl/α,β-unsaturated/α-hetero) is 2. The summed E-state index contributed by atoms with van der Waals surface area (Å²) in [6, 6.07) is -0.762. The molecule has 0 saturated heterocycles. The third-order valence-electron chi connectivity index (χ3n) is 5.97. The van der Waals surface area contributed by atoms with Gasteiger partial charge in [0.05, 0.1) is 12.6 Å². The number of esters is 1. The van der Waals surface area contributed by atoms with Crippen molar-refractivity contribution in [2.75, 3.05) is 27.7 Å². The first kappa shape index (κ1) is 31.9. The lowest BCUT2D eigenvalue weighted by Gasteiger charge is -2.34.